The first-order valence-corrected chi connectivity index (χ1v) is 16.4. The molecule has 6 rings (SSSR count). The topological polar surface area (TPSA) is 93.7 Å². The maximum absolute atomic E-state index is 13.6. The van der Waals surface area contributed by atoms with Crippen molar-refractivity contribution in [3.05, 3.63) is 35.9 Å². The van der Waals surface area contributed by atoms with Crippen molar-refractivity contribution < 1.29 is 22.8 Å². The van der Waals surface area contributed by atoms with E-state index in [1.54, 1.807) is 21.9 Å². The van der Waals surface area contributed by atoms with Crippen molar-refractivity contribution in [3.8, 4) is 0 Å². The van der Waals surface area contributed by atoms with Gasteiger partial charge in [-0.05, 0) is 94.9 Å². The maximum atomic E-state index is 13.6. The van der Waals surface area contributed by atoms with Gasteiger partial charge >= 0.3 is 12.2 Å². The quantitative estimate of drug-likeness (QED) is 0.382. The van der Waals surface area contributed by atoms with Gasteiger partial charge in [0.15, 0.2) is 0 Å². The number of carbonyl (C=O) groups is 2. The molecule has 2 aromatic heterocycles. The van der Waals surface area contributed by atoms with Gasteiger partial charge in [-0.25, -0.2) is 14.8 Å². The van der Waals surface area contributed by atoms with Crippen LogP contribution in [-0.4, -0.2) is 71.2 Å². The predicted octanol–water partition coefficient (Wildman–Crippen LogP) is 6.34. The summed E-state index contributed by atoms with van der Waals surface area (Å²) >= 11 is 1.15. The molecule has 4 aliphatic rings. The molecule has 3 aliphatic heterocycles. The molecule has 1 saturated carbocycles. The third-order valence-corrected chi connectivity index (χ3v) is 10.3. The number of halogens is 3. The minimum Gasteiger partial charge on any atom is -0.370 e. The lowest BCUT2D eigenvalue weighted by Gasteiger charge is -2.34. The van der Waals surface area contributed by atoms with Crippen molar-refractivity contribution in [2.24, 2.45) is 17.8 Å². The van der Waals surface area contributed by atoms with Crippen molar-refractivity contribution in [3.63, 3.8) is 0 Å². The SMILES string of the molecule is CC1(C)CC2CCCNc3cccc(n3)SNC(=O)c3ccc(N4CCN(CC5CCC(C(F)(F)F)CC5)C4=O)nc3N1C2. The molecule has 1 atom stereocenters. The molecule has 238 valence electrons. The van der Waals surface area contributed by atoms with E-state index in [0.29, 0.717) is 60.6 Å². The average molecular weight is 632 g/mol. The third-order valence-electron chi connectivity index (χ3n) is 9.55. The molecule has 2 N–H and O–H groups in total. The molecule has 0 aromatic carbocycles. The van der Waals surface area contributed by atoms with E-state index in [1.165, 1.54) is 0 Å². The first-order valence-electron chi connectivity index (χ1n) is 15.6. The number of fused-ring (bicyclic) bond motifs is 6. The first-order chi connectivity index (χ1) is 21.0. The number of pyridine rings is 2. The Labute approximate surface area is 260 Å². The van der Waals surface area contributed by atoms with E-state index >= 15 is 0 Å². The van der Waals surface area contributed by atoms with Gasteiger partial charge in [0.2, 0.25) is 0 Å². The van der Waals surface area contributed by atoms with Crippen LogP contribution in [0.5, 0.6) is 0 Å². The second kappa shape index (κ2) is 12.3. The number of aromatic nitrogens is 2. The number of nitrogens with one attached hydrogen (secondary N) is 2. The Bertz CT molecular complexity index is 1380. The number of hydrogen-bond donors (Lipinski definition) is 2. The van der Waals surface area contributed by atoms with E-state index < -0.39 is 12.1 Å². The van der Waals surface area contributed by atoms with Crippen LogP contribution in [0.4, 0.5) is 35.4 Å². The van der Waals surface area contributed by atoms with Crippen LogP contribution < -0.4 is 19.8 Å². The predicted molar refractivity (Wildman–Crippen MR) is 165 cm³/mol. The third kappa shape index (κ3) is 6.57. The van der Waals surface area contributed by atoms with E-state index in [1.807, 2.05) is 18.2 Å². The molecule has 13 heteroatoms. The molecular weight excluding hydrogens is 591 g/mol. The van der Waals surface area contributed by atoms with Crippen LogP contribution in [0, 0.1) is 17.8 Å². The van der Waals surface area contributed by atoms with Crippen LogP contribution in [0.1, 0.15) is 69.2 Å². The molecule has 3 fully saturated rings. The standard InChI is InChI=1S/C31H40F3N7O2S/c1-30(2)17-21-5-4-14-35-24-6-3-7-26(36-24)44-38-28(42)23-12-13-25(37-27(23)41(30)19-21)40-16-15-39(29(40)43)18-20-8-10-22(11-9-20)31(32,33)34/h3,6-7,12-13,20-22H,4-5,8-11,14-19H2,1-2H3,(H,35,36)(H,38,42). The fourth-order valence-corrected chi connectivity index (χ4v) is 7.80. The molecular formula is C31H40F3N7O2S. The number of hydrogen-bond acceptors (Lipinski definition) is 7. The summed E-state index contributed by atoms with van der Waals surface area (Å²) in [7, 11) is 0. The highest BCUT2D eigenvalue weighted by molar-refractivity contribution is 7.97. The van der Waals surface area contributed by atoms with Crippen LogP contribution in [0.25, 0.3) is 0 Å². The lowest BCUT2D eigenvalue weighted by molar-refractivity contribution is -0.184. The van der Waals surface area contributed by atoms with E-state index in [9.17, 15) is 22.8 Å². The van der Waals surface area contributed by atoms with Gasteiger partial charge in [0.25, 0.3) is 5.91 Å². The van der Waals surface area contributed by atoms with Gasteiger partial charge in [-0.15, -0.1) is 0 Å². The van der Waals surface area contributed by atoms with Crippen molar-refractivity contribution >= 4 is 41.3 Å². The summed E-state index contributed by atoms with van der Waals surface area (Å²) in [4.78, 5) is 42.3. The van der Waals surface area contributed by atoms with Gasteiger partial charge in [-0.2, -0.15) is 13.2 Å². The monoisotopic (exact) mass is 631 g/mol. The highest BCUT2D eigenvalue weighted by atomic mass is 32.2. The Kier molecular flexibility index (Phi) is 8.60. The largest absolute Gasteiger partial charge is 0.391 e. The zero-order valence-electron chi connectivity index (χ0n) is 25.2. The Morgan fingerprint density at radius 1 is 1.02 bits per heavy atom. The van der Waals surface area contributed by atoms with Gasteiger partial charge in [-0.3, -0.25) is 14.4 Å². The molecule has 4 bridgehead atoms. The zero-order chi connectivity index (χ0) is 31.1. The number of nitrogens with zero attached hydrogens (tertiary/aromatic N) is 5. The van der Waals surface area contributed by atoms with Gasteiger partial charge < -0.3 is 15.1 Å². The Balaban J connectivity index is 1.22. The Morgan fingerprint density at radius 2 is 1.82 bits per heavy atom. The van der Waals surface area contributed by atoms with Crippen LogP contribution in [-0.2, 0) is 0 Å². The van der Waals surface area contributed by atoms with Gasteiger partial charge in [-0.1, -0.05) is 6.07 Å². The molecule has 2 aromatic rings. The van der Waals surface area contributed by atoms with Crippen molar-refractivity contribution in [2.75, 3.05) is 47.8 Å². The number of amides is 3. The number of anilines is 3. The lowest BCUT2D eigenvalue weighted by Crippen LogP contribution is -2.41. The van der Waals surface area contributed by atoms with Crippen LogP contribution in [0.3, 0.4) is 0 Å². The summed E-state index contributed by atoms with van der Waals surface area (Å²) in [5.41, 5.74) is 0.189. The Morgan fingerprint density at radius 3 is 2.59 bits per heavy atom. The fourth-order valence-electron chi connectivity index (χ4n) is 7.20. The highest BCUT2D eigenvalue weighted by Crippen LogP contribution is 2.42. The molecule has 44 heavy (non-hydrogen) atoms. The van der Waals surface area contributed by atoms with Crippen LogP contribution in [0.2, 0.25) is 0 Å². The number of urea groups is 1. The van der Waals surface area contributed by atoms with Crippen LogP contribution in [0.15, 0.2) is 35.4 Å². The normalized spacial score (nSPS) is 26.0. The second-order valence-electron chi connectivity index (χ2n) is 13.1. The van der Waals surface area contributed by atoms with Gasteiger partial charge in [0.1, 0.15) is 22.5 Å². The maximum Gasteiger partial charge on any atom is 0.391 e. The Hall–Kier alpha value is -3.22. The summed E-state index contributed by atoms with van der Waals surface area (Å²) in [5.74, 6) is 0.769. The zero-order valence-corrected chi connectivity index (χ0v) is 26.0. The minimum atomic E-state index is -4.14. The van der Waals surface area contributed by atoms with E-state index in [4.69, 9.17) is 4.98 Å². The van der Waals surface area contributed by atoms with E-state index in [-0.39, 0.29) is 36.2 Å². The van der Waals surface area contributed by atoms with E-state index in [0.717, 1.165) is 50.1 Å². The number of carbonyl (C=O) groups excluding carboxylic acids is 2. The first kappa shape index (κ1) is 30.8. The smallest absolute Gasteiger partial charge is 0.370 e. The summed E-state index contributed by atoms with van der Waals surface area (Å²) in [6, 6.07) is 8.95. The minimum absolute atomic E-state index is 0.0633. The molecule has 0 radical (unpaired) electrons. The molecule has 9 nitrogen and oxygen atoms in total. The van der Waals surface area contributed by atoms with Gasteiger partial charge in [0, 0.05) is 50.2 Å². The summed E-state index contributed by atoms with van der Waals surface area (Å²) < 4.78 is 42.3. The van der Waals surface area contributed by atoms with Gasteiger partial charge in [0.05, 0.1) is 11.5 Å². The number of alkyl halides is 3. The van der Waals surface area contributed by atoms with Crippen molar-refractivity contribution in [2.45, 2.75) is 75.5 Å². The molecule has 5 heterocycles. The molecule has 1 unspecified atom stereocenters. The second-order valence-corrected chi connectivity index (χ2v) is 14.0. The van der Waals surface area contributed by atoms with Crippen LogP contribution >= 0.6 is 11.9 Å². The molecule has 0 spiro atoms. The summed E-state index contributed by atoms with van der Waals surface area (Å²) in [6.07, 6.45) is 0.00488. The fraction of sp³-hybridized carbons (Fsp3) is 0.613. The van der Waals surface area contributed by atoms with E-state index in [2.05, 4.69) is 33.8 Å². The van der Waals surface area contributed by atoms with Crippen molar-refractivity contribution in [1.82, 2.24) is 19.6 Å². The lowest BCUT2D eigenvalue weighted by atomic mass is 9.81. The summed E-state index contributed by atoms with van der Waals surface area (Å²) in [6.45, 7) is 7.28. The molecule has 3 amide bonds. The molecule has 1 aliphatic carbocycles. The number of rotatable bonds is 3. The summed E-state index contributed by atoms with van der Waals surface area (Å²) in [5, 5.41) is 4.06. The molecule has 2 saturated heterocycles. The van der Waals surface area contributed by atoms with Crippen molar-refractivity contribution in [1.29, 1.82) is 0 Å². The highest BCUT2D eigenvalue weighted by Gasteiger charge is 2.43. The average Bonchev–Trinajstić information content (AvgIpc) is 3.50.